The molecule has 13 heavy (non-hydrogen) atoms. The standard InChI is InChI=1S/C8H13N3O2/c1-6-5-7(8(12)13-2)10-11(6)4-3-9/h5H,3-4,9H2,1-2H3. The van der Waals surface area contributed by atoms with E-state index in [0.29, 0.717) is 18.8 Å². The fourth-order valence-electron chi connectivity index (χ4n) is 1.06. The number of aryl methyl sites for hydroxylation is 1. The van der Waals surface area contributed by atoms with Crippen molar-refractivity contribution in [3.63, 3.8) is 0 Å². The number of nitrogens with two attached hydrogens (primary N) is 1. The lowest BCUT2D eigenvalue weighted by Gasteiger charge is -1.99. The molecule has 0 amide bonds. The van der Waals surface area contributed by atoms with Crippen molar-refractivity contribution in [1.29, 1.82) is 0 Å². The minimum absolute atomic E-state index is 0.327. The molecular formula is C8H13N3O2. The van der Waals surface area contributed by atoms with Crippen molar-refractivity contribution in [3.8, 4) is 0 Å². The van der Waals surface area contributed by atoms with Crippen molar-refractivity contribution in [3.05, 3.63) is 17.5 Å². The Balaban J connectivity index is 2.88. The van der Waals surface area contributed by atoms with Crippen LogP contribution in [0.5, 0.6) is 0 Å². The van der Waals surface area contributed by atoms with Crippen LogP contribution in [0.15, 0.2) is 6.07 Å². The lowest BCUT2D eigenvalue weighted by atomic mass is 10.4. The van der Waals surface area contributed by atoms with Crippen molar-refractivity contribution in [2.75, 3.05) is 13.7 Å². The lowest BCUT2D eigenvalue weighted by Crippen LogP contribution is -2.13. The zero-order valence-electron chi connectivity index (χ0n) is 7.78. The van der Waals surface area contributed by atoms with Crippen LogP contribution >= 0.6 is 0 Å². The highest BCUT2D eigenvalue weighted by Crippen LogP contribution is 2.03. The molecule has 0 aromatic carbocycles. The van der Waals surface area contributed by atoms with Gasteiger partial charge in [0.15, 0.2) is 5.69 Å². The molecule has 5 heteroatoms. The van der Waals surface area contributed by atoms with Gasteiger partial charge in [-0.1, -0.05) is 0 Å². The van der Waals surface area contributed by atoms with E-state index in [-0.39, 0.29) is 0 Å². The summed E-state index contributed by atoms with van der Waals surface area (Å²) in [6.07, 6.45) is 0. The summed E-state index contributed by atoms with van der Waals surface area (Å²) in [5.41, 5.74) is 6.61. The maximum Gasteiger partial charge on any atom is 0.358 e. The number of hydrogen-bond donors (Lipinski definition) is 1. The molecule has 0 unspecified atom stereocenters. The minimum Gasteiger partial charge on any atom is -0.464 e. The quantitative estimate of drug-likeness (QED) is 0.666. The first kappa shape index (κ1) is 9.73. The first-order valence-electron chi connectivity index (χ1n) is 4.02. The summed E-state index contributed by atoms with van der Waals surface area (Å²) >= 11 is 0. The van der Waals surface area contributed by atoms with E-state index in [1.807, 2.05) is 6.92 Å². The molecule has 1 rings (SSSR count). The average Bonchev–Trinajstić information content (AvgIpc) is 2.47. The molecule has 0 aliphatic heterocycles. The van der Waals surface area contributed by atoms with Gasteiger partial charge < -0.3 is 10.5 Å². The van der Waals surface area contributed by atoms with Gasteiger partial charge in [-0.3, -0.25) is 4.68 Å². The molecule has 0 aliphatic carbocycles. The molecule has 1 aromatic heterocycles. The zero-order chi connectivity index (χ0) is 9.84. The van der Waals surface area contributed by atoms with Gasteiger partial charge in [-0.15, -0.1) is 0 Å². The predicted molar refractivity (Wildman–Crippen MR) is 47.4 cm³/mol. The van der Waals surface area contributed by atoms with Gasteiger partial charge in [-0.05, 0) is 13.0 Å². The SMILES string of the molecule is COC(=O)c1cc(C)n(CCN)n1. The molecule has 0 atom stereocenters. The highest BCUT2D eigenvalue weighted by Gasteiger charge is 2.11. The van der Waals surface area contributed by atoms with Crippen molar-refractivity contribution in [2.24, 2.45) is 5.73 Å². The maximum absolute atomic E-state index is 11.1. The summed E-state index contributed by atoms with van der Waals surface area (Å²) in [5, 5.41) is 4.03. The second kappa shape index (κ2) is 4.04. The number of aromatic nitrogens is 2. The number of carbonyl (C=O) groups excluding carboxylic acids is 1. The number of methoxy groups -OCH3 is 1. The van der Waals surface area contributed by atoms with Gasteiger partial charge in [-0.25, -0.2) is 4.79 Å². The first-order chi connectivity index (χ1) is 6.19. The van der Waals surface area contributed by atoms with Crippen LogP contribution in [0.4, 0.5) is 0 Å². The normalized spacial score (nSPS) is 10.1. The molecule has 1 heterocycles. The fourth-order valence-corrected chi connectivity index (χ4v) is 1.06. The highest BCUT2D eigenvalue weighted by molar-refractivity contribution is 5.87. The molecule has 5 nitrogen and oxygen atoms in total. The first-order valence-corrected chi connectivity index (χ1v) is 4.02. The van der Waals surface area contributed by atoms with E-state index in [1.165, 1.54) is 7.11 Å². The molecule has 0 saturated heterocycles. The monoisotopic (exact) mass is 183 g/mol. The van der Waals surface area contributed by atoms with E-state index in [2.05, 4.69) is 9.84 Å². The predicted octanol–water partition coefficient (Wildman–Crippen LogP) is -0.0632. The Morgan fingerprint density at radius 2 is 2.46 bits per heavy atom. The lowest BCUT2D eigenvalue weighted by molar-refractivity contribution is 0.0593. The summed E-state index contributed by atoms with van der Waals surface area (Å²) in [6, 6.07) is 1.68. The van der Waals surface area contributed by atoms with E-state index in [1.54, 1.807) is 10.7 Å². The van der Waals surface area contributed by atoms with Gasteiger partial charge in [0.2, 0.25) is 0 Å². The van der Waals surface area contributed by atoms with E-state index in [9.17, 15) is 4.79 Å². The van der Waals surface area contributed by atoms with Crippen LogP contribution in [0, 0.1) is 6.92 Å². The summed E-state index contributed by atoms with van der Waals surface area (Å²) in [7, 11) is 1.33. The number of nitrogens with zero attached hydrogens (tertiary/aromatic N) is 2. The Kier molecular flexibility index (Phi) is 3.02. The molecule has 0 bridgehead atoms. The molecule has 0 spiro atoms. The third-order valence-electron chi connectivity index (χ3n) is 1.72. The summed E-state index contributed by atoms with van der Waals surface area (Å²) in [6.45, 7) is 2.99. The van der Waals surface area contributed by atoms with Gasteiger partial charge in [-0.2, -0.15) is 5.10 Å². The third kappa shape index (κ3) is 2.06. The van der Waals surface area contributed by atoms with E-state index in [4.69, 9.17) is 5.73 Å². The minimum atomic E-state index is -0.418. The number of carbonyl (C=O) groups is 1. The molecule has 0 saturated carbocycles. The summed E-state index contributed by atoms with van der Waals surface area (Å²) in [5.74, 6) is -0.418. The number of ether oxygens (including phenoxy) is 1. The smallest absolute Gasteiger partial charge is 0.358 e. The molecule has 2 N–H and O–H groups in total. The fraction of sp³-hybridized carbons (Fsp3) is 0.500. The van der Waals surface area contributed by atoms with Gasteiger partial charge in [0.05, 0.1) is 13.7 Å². The number of rotatable bonds is 3. The van der Waals surface area contributed by atoms with Crippen molar-refractivity contribution < 1.29 is 9.53 Å². The van der Waals surface area contributed by atoms with Crippen LogP contribution in [0.2, 0.25) is 0 Å². The van der Waals surface area contributed by atoms with Crippen LogP contribution in [0.25, 0.3) is 0 Å². The largest absolute Gasteiger partial charge is 0.464 e. The molecule has 1 aromatic rings. The Bertz CT molecular complexity index is 306. The van der Waals surface area contributed by atoms with Crippen LogP contribution in [0.3, 0.4) is 0 Å². The molecule has 0 fully saturated rings. The van der Waals surface area contributed by atoms with E-state index < -0.39 is 5.97 Å². The van der Waals surface area contributed by atoms with Gasteiger partial charge in [0, 0.05) is 12.2 Å². The average molecular weight is 183 g/mol. The Morgan fingerprint density at radius 3 is 3.00 bits per heavy atom. The van der Waals surface area contributed by atoms with Gasteiger partial charge in [0.1, 0.15) is 0 Å². The van der Waals surface area contributed by atoms with Crippen LogP contribution in [0.1, 0.15) is 16.2 Å². The Morgan fingerprint density at radius 1 is 1.77 bits per heavy atom. The highest BCUT2D eigenvalue weighted by atomic mass is 16.5. The zero-order valence-corrected chi connectivity index (χ0v) is 7.78. The number of esters is 1. The summed E-state index contributed by atoms with van der Waals surface area (Å²) < 4.78 is 6.22. The Hall–Kier alpha value is -1.36. The van der Waals surface area contributed by atoms with E-state index in [0.717, 1.165) is 5.69 Å². The second-order valence-electron chi connectivity index (χ2n) is 2.67. The van der Waals surface area contributed by atoms with Crippen LogP contribution in [-0.2, 0) is 11.3 Å². The maximum atomic E-state index is 11.1. The van der Waals surface area contributed by atoms with Gasteiger partial charge in [0.25, 0.3) is 0 Å². The summed E-state index contributed by atoms with van der Waals surface area (Å²) in [4.78, 5) is 11.1. The Labute approximate surface area is 76.5 Å². The molecular weight excluding hydrogens is 170 g/mol. The van der Waals surface area contributed by atoms with Crippen LogP contribution in [-0.4, -0.2) is 29.4 Å². The van der Waals surface area contributed by atoms with Gasteiger partial charge >= 0.3 is 5.97 Å². The van der Waals surface area contributed by atoms with Crippen molar-refractivity contribution in [1.82, 2.24) is 9.78 Å². The van der Waals surface area contributed by atoms with Crippen molar-refractivity contribution >= 4 is 5.97 Å². The molecule has 72 valence electrons. The van der Waals surface area contributed by atoms with E-state index >= 15 is 0 Å². The third-order valence-corrected chi connectivity index (χ3v) is 1.72. The molecule has 0 radical (unpaired) electrons. The van der Waals surface area contributed by atoms with Crippen LogP contribution < -0.4 is 5.73 Å². The second-order valence-corrected chi connectivity index (χ2v) is 2.67. The topological polar surface area (TPSA) is 70.1 Å². The number of hydrogen-bond acceptors (Lipinski definition) is 4. The van der Waals surface area contributed by atoms with Crippen molar-refractivity contribution in [2.45, 2.75) is 13.5 Å². The molecule has 0 aliphatic rings.